The number of hydrogen-bond donors (Lipinski definition) is 2. The molecule has 0 saturated carbocycles. The van der Waals surface area contributed by atoms with E-state index < -0.39 is 0 Å². The highest BCUT2D eigenvalue weighted by molar-refractivity contribution is 5.63. The summed E-state index contributed by atoms with van der Waals surface area (Å²) in [4.78, 5) is 2.03. The number of benzene rings is 1. The van der Waals surface area contributed by atoms with Crippen molar-refractivity contribution in [1.82, 2.24) is 0 Å². The summed E-state index contributed by atoms with van der Waals surface area (Å²) in [7, 11) is 5.27. The van der Waals surface area contributed by atoms with Gasteiger partial charge in [-0.3, -0.25) is 0 Å². The second-order valence-corrected chi connectivity index (χ2v) is 4.37. The zero-order valence-electron chi connectivity index (χ0n) is 11.6. The molecule has 0 aliphatic rings. The lowest BCUT2D eigenvalue weighted by molar-refractivity contribution is 0.400. The molecule has 0 heterocycles. The lowest BCUT2D eigenvalue weighted by atomic mass is 10.1. The van der Waals surface area contributed by atoms with E-state index in [-0.39, 0.29) is 6.04 Å². The number of ether oxygens (including phenoxy) is 2. The van der Waals surface area contributed by atoms with Gasteiger partial charge in [-0.05, 0) is 18.6 Å². The van der Waals surface area contributed by atoms with Gasteiger partial charge in [0.15, 0.2) is 0 Å². The summed E-state index contributed by atoms with van der Waals surface area (Å²) < 4.78 is 10.7. The average molecular weight is 253 g/mol. The van der Waals surface area contributed by atoms with Crippen molar-refractivity contribution in [1.29, 1.82) is 0 Å². The third-order valence-corrected chi connectivity index (χ3v) is 2.92. The van der Waals surface area contributed by atoms with Crippen molar-refractivity contribution in [3.63, 3.8) is 0 Å². The first-order chi connectivity index (χ1) is 8.53. The molecule has 1 aromatic rings. The second-order valence-electron chi connectivity index (χ2n) is 4.37. The summed E-state index contributed by atoms with van der Waals surface area (Å²) in [6, 6.07) is 3.85. The van der Waals surface area contributed by atoms with E-state index in [2.05, 4.69) is 0 Å². The maximum Gasteiger partial charge on any atom is 0.142 e. The van der Waals surface area contributed by atoms with E-state index in [1.807, 2.05) is 31.0 Å². The number of rotatable bonds is 6. The molecule has 0 bridgehead atoms. The Morgan fingerprint density at radius 1 is 1.22 bits per heavy atom. The summed E-state index contributed by atoms with van der Waals surface area (Å²) in [5, 5.41) is 0. The average Bonchev–Trinajstić information content (AvgIpc) is 2.37. The van der Waals surface area contributed by atoms with E-state index in [1.165, 1.54) is 0 Å². The van der Waals surface area contributed by atoms with Crippen LogP contribution in [0.25, 0.3) is 0 Å². The molecule has 0 radical (unpaired) electrons. The van der Waals surface area contributed by atoms with E-state index in [9.17, 15) is 0 Å². The minimum atomic E-state index is -0.0630. The molecule has 0 aliphatic heterocycles. The van der Waals surface area contributed by atoms with Crippen molar-refractivity contribution in [2.75, 3.05) is 39.3 Å². The zero-order valence-corrected chi connectivity index (χ0v) is 11.6. The van der Waals surface area contributed by atoms with Gasteiger partial charge in [-0.2, -0.15) is 0 Å². The van der Waals surface area contributed by atoms with Crippen LogP contribution in [0.1, 0.15) is 5.56 Å². The Labute approximate surface area is 109 Å². The standard InChI is InChI=1S/C13H23N3O2/c1-9-5-13(18-4)11(6-12(9)17-3)16(2)8-10(15)7-14/h5-6,10H,7-8,14-15H2,1-4H3. The minimum Gasteiger partial charge on any atom is -0.496 e. The summed E-state index contributed by atoms with van der Waals surface area (Å²) in [5.74, 6) is 1.64. The molecule has 1 aromatic carbocycles. The van der Waals surface area contributed by atoms with Crippen LogP contribution in [0.2, 0.25) is 0 Å². The van der Waals surface area contributed by atoms with Gasteiger partial charge in [-0.1, -0.05) is 0 Å². The van der Waals surface area contributed by atoms with Gasteiger partial charge >= 0.3 is 0 Å². The number of hydrogen-bond acceptors (Lipinski definition) is 5. The van der Waals surface area contributed by atoms with E-state index in [0.29, 0.717) is 13.1 Å². The quantitative estimate of drug-likeness (QED) is 0.782. The van der Waals surface area contributed by atoms with Crippen LogP contribution in [0.15, 0.2) is 12.1 Å². The first kappa shape index (κ1) is 14.6. The van der Waals surface area contributed by atoms with Gasteiger partial charge in [-0.15, -0.1) is 0 Å². The Morgan fingerprint density at radius 3 is 2.33 bits per heavy atom. The molecule has 1 atom stereocenters. The van der Waals surface area contributed by atoms with E-state index in [1.54, 1.807) is 14.2 Å². The molecule has 5 nitrogen and oxygen atoms in total. The molecule has 102 valence electrons. The first-order valence-corrected chi connectivity index (χ1v) is 5.92. The van der Waals surface area contributed by atoms with Crippen LogP contribution in [0, 0.1) is 6.92 Å². The number of likely N-dealkylation sites (N-methyl/N-ethyl adjacent to an activating group) is 1. The van der Waals surface area contributed by atoms with Crippen LogP contribution in [0.4, 0.5) is 5.69 Å². The molecule has 0 aliphatic carbocycles. The molecular weight excluding hydrogens is 230 g/mol. The zero-order chi connectivity index (χ0) is 13.7. The second kappa shape index (κ2) is 6.47. The monoisotopic (exact) mass is 253 g/mol. The van der Waals surface area contributed by atoms with Gasteiger partial charge in [0.1, 0.15) is 11.5 Å². The van der Waals surface area contributed by atoms with Crippen LogP contribution in [0.3, 0.4) is 0 Å². The molecule has 1 rings (SSSR count). The van der Waals surface area contributed by atoms with Crippen molar-refractivity contribution >= 4 is 5.69 Å². The Kier molecular flexibility index (Phi) is 5.25. The van der Waals surface area contributed by atoms with Crippen LogP contribution in [-0.4, -0.2) is 40.4 Å². The number of methoxy groups -OCH3 is 2. The largest absolute Gasteiger partial charge is 0.496 e. The van der Waals surface area contributed by atoms with Crippen molar-refractivity contribution in [2.45, 2.75) is 13.0 Å². The summed E-state index contributed by atoms with van der Waals surface area (Å²) in [6.07, 6.45) is 0. The fraction of sp³-hybridized carbons (Fsp3) is 0.538. The van der Waals surface area contributed by atoms with Crippen molar-refractivity contribution in [3.05, 3.63) is 17.7 Å². The minimum absolute atomic E-state index is 0.0630. The smallest absolute Gasteiger partial charge is 0.142 e. The molecule has 0 spiro atoms. The Morgan fingerprint density at radius 2 is 1.83 bits per heavy atom. The van der Waals surface area contributed by atoms with Gasteiger partial charge in [0.25, 0.3) is 0 Å². The lowest BCUT2D eigenvalue weighted by Crippen LogP contribution is -2.40. The molecule has 5 heteroatoms. The lowest BCUT2D eigenvalue weighted by Gasteiger charge is -2.25. The summed E-state index contributed by atoms with van der Waals surface area (Å²) >= 11 is 0. The molecule has 0 fully saturated rings. The van der Waals surface area contributed by atoms with Crippen LogP contribution in [-0.2, 0) is 0 Å². The fourth-order valence-electron chi connectivity index (χ4n) is 1.86. The van der Waals surface area contributed by atoms with E-state index in [4.69, 9.17) is 20.9 Å². The molecule has 4 N–H and O–H groups in total. The molecular formula is C13H23N3O2. The summed E-state index contributed by atoms with van der Waals surface area (Å²) in [6.45, 7) is 3.10. The van der Waals surface area contributed by atoms with Crippen LogP contribution < -0.4 is 25.8 Å². The molecule has 0 saturated heterocycles. The number of anilines is 1. The number of nitrogens with zero attached hydrogens (tertiary/aromatic N) is 1. The molecule has 0 aromatic heterocycles. The highest BCUT2D eigenvalue weighted by atomic mass is 16.5. The predicted molar refractivity (Wildman–Crippen MR) is 74.6 cm³/mol. The van der Waals surface area contributed by atoms with Crippen LogP contribution in [0.5, 0.6) is 11.5 Å². The SMILES string of the molecule is COc1cc(N(C)CC(N)CN)c(OC)cc1C. The van der Waals surface area contributed by atoms with Crippen LogP contribution >= 0.6 is 0 Å². The van der Waals surface area contributed by atoms with E-state index in [0.717, 1.165) is 22.7 Å². The van der Waals surface area contributed by atoms with Gasteiger partial charge in [0.05, 0.1) is 19.9 Å². The summed E-state index contributed by atoms with van der Waals surface area (Å²) in [5.41, 5.74) is 13.4. The van der Waals surface area contributed by atoms with Gasteiger partial charge < -0.3 is 25.8 Å². The Balaban J connectivity index is 3.05. The van der Waals surface area contributed by atoms with Crippen molar-refractivity contribution in [2.24, 2.45) is 11.5 Å². The van der Waals surface area contributed by atoms with Gasteiger partial charge in [-0.25, -0.2) is 0 Å². The number of nitrogens with two attached hydrogens (primary N) is 2. The molecule has 18 heavy (non-hydrogen) atoms. The first-order valence-electron chi connectivity index (χ1n) is 5.92. The highest BCUT2D eigenvalue weighted by Gasteiger charge is 2.14. The highest BCUT2D eigenvalue weighted by Crippen LogP contribution is 2.34. The Bertz CT molecular complexity index is 396. The predicted octanol–water partition coefficient (Wildman–Crippen LogP) is 0.734. The van der Waals surface area contributed by atoms with Gasteiger partial charge in [0, 0.05) is 32.2 Å². The third kappa shape index (κ3) is 3.27. The topological polar surface area (TPSA) is 73.7 Å². The molecule has 0 amide bonds. The van der Waals surface area contributed by atoms with Crippen molar-refractivity contribution in [3.8, 4) is 11.5 Å². The third-order valence-electron chi connectivity index (χ3n) is 2.92. The van der Waals surface area contributed by atoms with E-state index >= 15 is 0 Å². The number of aryl methyl sites for hydroxylation is 1. The fourth-order valence-corrected chi connectivity index (χ4v) is 1.86. The maximum atomic E-state index is 5.86. The Hall–Kier alpha value is -1.46. The van der Waals surface area contributed by atoms with Gasteiger partial charge in [0.2, 0.25) is 0 Å². The van der Waals surface area contributed by atoms with Crippen molar-refractivity contribution < 1.29 is 9.47 Å². The maximum absolute atomic E-state index is 5.86. The normalized spacial score (nSPS) is 12.1. The molecule has 1 unspecified atom stereocenters.